The molecule has 2 aromatic rings. The number of pyridine rings is 1. The van der Waals surface area contributed by atoms with Crippen molar-refractivity contribution in [3.05, 3.63) is 36.4 Å². The monoisotopic (exact) mass is 369 g/mol. The normalized spacial score (nSPS) is 23.9. The van der Waals surface area contributed by atoms with Crippen LogP contribution in [0.3, 0.4) is 0 Å². The van der Waals surface area contributed by atoms with Crippen molar-refractivity contribution in [3.63, 3.8) is 0 Å². The molecule has 0 saturated carbocycles. The third-order valence-corrected chi connectivity index (χ3v) is 5.82. The van der Waals surface area contributed by atoms with E-state index in [1.165, 1.54) is 12.8 Å². The quantitative estimate of drug-likeness (QED) is 0.765. The van der Waals surface area contributed by atoms with Gasteiger partial charge in [0, 0.05) is 37.7 Å². The van der Waals surface area contributed by atoms with Gasteiger partial charge < -0.3 is 9.80 Å². The SMILES string of the molecule is O=C1CCC2(CCCN(CCCn3cnnn3)C2)CN1Cc1ccccn1. The minimum atomic E-state index is 0.232. The fraction of sp³-hybridized carbons (Fsp3) is 0.632. The van der Waals surface area contributed by atoms with Crippen molar-refractivity contribution in [2.24, 2.45) is 5.41 Å². The molecule has 4 rings (SSSR count). The number of tetrazole rings is 1. The van der Waals surface area contributed by atoms with Crippen molar-refractivity contribution in [1.29, 1.82) is 0 Å². The molecule has 144 valence electrons. The number of rotatable bonds is 6. The van der Waals surface area contributed by atoms with E-state index in [1.807, 2.05) is 23.1 Å². The third-order valence-electron chi connectivity index (χ3n) is 5.82. The van der Waals surface area contributed by atoms with Crippen LogP contribution in [0.25, 0.3) is 0 Å². The van der Waals surface area contributed by atoms with Gasteiger partial charge in [-0.25, -0.2) is 4.68 Å². The predicted octanol–water partition coefficient (Wildman–Crippen LogP) is 1.36. The number of aryl methyl sites for hydroxylation is 1. The number of nitrogens with zero attached hydrogens (tertiary/aromatic N) is 7. The number of amides is 1. The fourth-order valence-corrected chi connectivity index (χ4v) is 4.51. The van der Waals surface area contributed by atoms with E-state index < -0.39 is 0 Å². The van der Waals surface area contributed by atoms with Gasteiger partial charge in [-0.1, -0.05) is 6.07 Å². The van der Waals surface area contributed by atoms with Crippen LogP contribution >= 0.6 is 0 Å². The van der Waals surface area contributed by atoms with E-state index >= 15 is 0 Å². The second-order valence-corrected chi connectivity index (χ2v) is 7.88. The van der Waals surface area contributed by atoms with Crippen LogP contribution in [0.1, 0.15) is 37.8 Å². The smallest absolute Gasteiger partial charge is 0.222 e. The number of carbonyl (C=O) groups excluding carboxylic acids is 1. The molecule has 0 N–H and O–H groups in total. The maximum absolute atomic E-state index is 12.5. The van der Waals surface area contributed by atoms with Crippen LogP contribution in [0.15, 0.2) is 30.7 Å². The lowest BCUT2D eigenvalue weighted by Gasteiger charge is -2.48. The Morgan fingerprint density at radius 2 is 2.11 bits per heavy atom. The van der Waals surface area contributed by atoms with Gasteiger partial charge in [-0.2, -0.15) is 0 Å². The zero-order valence-electron chi connectivity index (χ0n) is 15.7. The van der Waals surface area contributed by atoms with E-state index in [0.717, 1.165) is 51.3 Å². The molecule has 0 bridgehead atoms. The Morgan fingerprint density at radius 1 is 1.15 bits per heavy atom. The van der Waals surface area contributed by atoms with Gasteiger partial charge in [-0.05, 0) is 61.3 Å². The molecule has 0 radical (unpaired) electrons. The third kappa shape index (κ3) is 4.50. The molecule has 1 amide bonds. The molecule has 4 heterocycles. The number of aromatic nitrogens is 5. The van der Waals surface area contributed by atoms with Crippen LogP contribution in [-0.4, -0.2) is 67.1 Å². The second-order valence-electron chi connectivity index (χ2n) is 7.88. The van der Waals surface area contributed by atoms with Crippen molar-refractivity contribution in [2.45, 2.75) is 45.2 Å². The summed E-state index contributed by atoms with van der Waals surface area (Å²) in [6.45, 7) is 5.60. The lowest BCUT2D eigenvalue weighted by atomic mass is 9.73. The van der Waals surface area contributed by atoms with E-state index in [0.29, 0.717) is 13.0 Å². The number of hydrogen-bond donors (Lipinski definition) is 0. The van der Waals surface area contributed by atoms with E-state index in [1.54, 1.807) is 17.2 Å². The Bertz CT molecular complexity index is 736. The molecule has 8 heteroatoms. The van der Waals surface area contributed by atoms with Crippen LogP contribution < -0.4 is 0 Å². The molecule has 27 heavy (non-hydrogen) atoms. The van der Waals surface area contributed by atoms with Gasteiger partial charge >= 0.3 is 0 Å². The van der Waals surface area contributed by atoms with E-state index in [4.69, 9.17) is 0 Å². The Hall–Kier alpha value is -2.35. The highest BCUT2D eigenvalue weighted by molar-refractivity contribution is 5.77. The van der Waals surface area contributed by atoms with Crippen LogP contribution in [0.4, 0.5) is 0 Å². The predicted molar refractivity (Wildman–Crippen MR) is 99.4 cm³/mol. The molecule has 1 unspecified atom stereocenters. The number of likely N-dealkylation sites (tertiary alicyclic amines) is 2. The molecular formula is C19H27N7O. The molecule has 1 atom stereocenters. The minimum absolute atomic E-state index is 0.232. The number of carbonyl (C=O) groups is 1. The van der Waals surface area contributed by atoms with Crippen molar-refractivity contribution in [2.75, 3.05) is 26.2 Å². The van der Waals surface area contributed by atoms with Gasteiger partial charge in [-0.15, -0.1) is 5.10 Å². The Balaban J connectivity index is 1.34. The van der Waals surface area contributed by atoms with Crippen LogP contribution in [0.5, 0.6) is 0 Å². The van der Waals surface area contributed by atoms with Gasteiger partial charge in [0.15, 0.2) is 0 Å². The van der Waals surface area contributed by atoms with E-state index in [2.05, 4.69) is 25.4 Å². The summed E-state index contributed by atoms with van der Waals surface area (Å²) < 4.78 is 1.79. The lowest BCUT2D eigenvalue weighted by Crippen LogP contribution is -2.53. The van der Waals surface area contributed by atoms with Crippen LogP contribution in [0, 0.1) is 5.41 Å². The van der Waals surface area contributed by atoms with Crippen LogP contribution in [-0.2, 0) is 17.9 Å². The maximum atomic E-state index is 12.5. The highest BCUT2D eigenvalue weighted by Crippen LogP contribution is 2.39. The standard InChI is InChI=1S/C19H27N7O/c27-18-6-8-19(15-25(18)13-17-5-1-2-9-20-17)7-3-10-24(14-19)11-4-12-26-16-21-22-23-26/h1-2,5,9,16H,3-4,6-8,10-15H2. The average Bonchev–Trinajstić information content (AvgIpc) is 3.20. The zero-order valence-corrected chi connectivity index (χ0v) is 15.7. The largest absolute Gasteiger partial charge is 0.336 e. The van der Waals surface area contributed by atoms with Gasteiger partial charge in [0.1, 0.15) is 6.33 Å². The van der Waals surface area contributed by atoms with Crippen molar-refractivity contribution >= 4 is 5.91 Å². The Morgan fingerprint density at radius 3 is 2.93 bits per heavy atom. The zero-order chi connectivity index (χ0) is 18.5. The van der Waals surface area contributed by atoms with Gasteiger partial charge in [0.2, 0.25) is 5.91 Å². The first-order valence-corrected chi connectivity index (χ1v) is 9.83. The highest BCUT2D eigenvalue weighted by Gasteiger charge is 2.41. The Labute approximate surface area is 159 Å². The highest BCUT2D eigenvalue weighted by atomic mass is 16.2. The molecule has 2 saturated heterocycles. The molecule has 2 aromatic heterocycles. The second kappa shape index (κ2) is 8.12. The summed E-state index contributed by atoms with van der Waals surface area (Å²) in [5, 5.41) is 11.3. The van der Waals surface area contributed by atoms with Crippen LogP contribution in [0.2, 0.25) is 0 Å². The minimum Gasteiger partial charge on any atom is -0.336 e. The summed E-state index contributed by atoms with van der Waals surface area (Å²) in [6, 6.07) is 5.90. The summed E-state index contributed by atoms with van der Waals surface area (Å²) in [7, 11) is 0. The first kappa shape index (κ1) is 18.0. The summed E-state index contributed by atoms with van der Waals surface area (Å²) in [5.74, 6) is 0.266. The summed E-state index contributed by atoms with van der Waals surface area (Å²) in [5.41, 5.74) is 1.20. The van der Waals surface area contributed by atoms with Crippen molar-refractivity contribution < 1.29 is 4.79 Å². The molecule has 2 fully saturated rings. The Kier molecular flexibility index (Phi) is 5.42. The first-order chi connectivity index (χ1) is 13.2. The molecule has 1 spiro atoms. The van der Waals surface area contributed by atoms with E-state index in [9.17, 15) is 4.79 Å². The molecule has 0 aromatic carbocycles. The van der Waals surface area contributed by atoms with Gasteiger partial charge in [0.05, 0.1) is 12.2 Å². The number of hydrogen-bond acceptors (Lipinski definition) is 6. The number of piperidine rings is 2. The lowest BCUT2D eigenvalue weighted by molar-refractivity contribution is -0.140. The van der Waals surface area contributed by atoms with Gasteiger partial charge in [0.25, 0.3) is 0 Å². The molecule has 8 nitrogen and oxygen atoms in total. The fourth-order valence-electron chi connectivity index (χ4n) is 4.51. The van der Waals surface area contributed by atoms with E-state index in [-0.39, 0.29) is 11.3 Å². The molecule has 0 aliphatic carbocycles. The summed E-state index contributed by atoms with van der Waals surface area (Å²) in [4.78, 5) is 21.5. The molecule has 2 aliphatic rings. The van der Waals surface area contributed by atoms with Crippen molar-refractivity contribution in [3.8, 4) is 0 Å². The molecular weight excluding hydrogens is 342 g/mol. The summed E-state index contributed by atoms with van der Waals surface area (Å²) >= 11 is 0. The van der Waals surface area contributed by atoms with Crippen molar-refractivity contribution in [1.82, 2.24) is 35.0 Å². The first-order valence-electron chi connectivity index (χ1n) is 9.83. The van der Waals surface area contributed by atoms with Gasteiger partial charge in [-0.3, -0.25) is 9.78 Å². The average molecular weight is 369 g/mol. The maximum Gasteiger partial charge on any atom is 0.222 e. The topological polar surface area (TPSA) is 80.0 Å². The molecule has 2 aliphatic heterocycles. The summed E-state index contributed by atoms with van der Waals surface area (Å²) in [6.07, 6.45) is 8.59.